The molecule has 1 aromatic carbocycles. The number of carbonyl (C=O) groups excluding carboxylic acids is 1. The number of pyridine rings is 1. The van der Waals surface area contributed by atoms with Gasteiger partial charge in [-0.15, -0.1) is 0 Å². The average Bonchev–Trinajstić information content (AvgIpc) is 3.13. The third-order valence-corrected chi connectivity index (χ3v) is 4.66. The summed E-state index contributed by atoms with van der Waals surface area (Å²) in [6.45, 7) is 2.72. The van der Waals surface area contributed by atoms with Crippen LogP contribution < -0.4 is 0 Å². The second-order valence-electron chi connectivity index (χ2n) is 6.43. The highest BCUT2D eigenvalue weighted by Gasteiger charge is 2.31. The minimum absolute atomic E-state index is 0.185. The summed E-state index contributed by atoms with van der Waals surface area (Å²) in [6, 6.07) is 11.7. The SMILES string of the molecule is C[C@H](O)c1onc(-c2cccnc2)c1C(=O)N1CCc2ccccc2C1. The van der Waals surface area contributed by atoms with Crippen LogP contribution in [0.15, 0.2) is 53.3 Å². The molecule has 1 atom stereocenters. The van der Waals surface area contributed by atoms with Crippen LogP contribution in [-0.4, -0.2) is 32.6 Å². The Morgan fingerprint density at radius 3 is 2.77 bits per heavy atom. The zero-order valence-electron chi connectivity index (χ0n) is 14.4. The lowest BCUT2D eigenvalue weighted by Crippen LogP contribution is -2.36. The van der Waals surface area contributed by atoms with Crippen molar-refractivity contribution in [2.75, 3.05) is 6.54 Å². The molecule has 3 aromatic rings. The lowest BCUT2D eigenvalue weighted by atomic mass is 9.98. The first-order valence-electron chi connectivity index (χ1n) is 8.59. The van der Waals surface area contributed by atoms with E-state index in [1.165, 1.54) is 5.56 Å². The van der Waals surface area contributed by atoms with Crippen molar-refractivity contribution >= 4 is 5.91 Å². The smallest absolute Gasteiger partial charge is 0.260 e. The van der Waals surface area contributed by atoms with Crippen molar-refractivity contribution in [2.45, 2.75) is 26.0 Å². The Labute approximate surface area is 151 Å². The molecule has 6 heteroatoms. The van der Waals surface area contributed by atoms with E-state index in [9.17, 15) is 9.90 Å². The number of rotatable bonds is 3. The summed E-state index contributed by atoms with van der Waals surface area (Å²) >= 11 is 0. The van der Waals surface area contributed by atoms with E-state index < -0.39 is 6.10 Å². The quantitative estimate of drug-likeness (QED) is 0.786. The van der Waals surface area contributed by atoms with Crippen LogP contribution >= 0.6 is 0 Å². The molecule has 2 aromatic heterocycles. The Bertz CT molecular complexity index is 934. The molecule has 6 nitrogen and oxygen atoms in total. The molecule has 0 radical (unpaired) electrons. The molecule has 0 bridgehead atoms. The highest BCUT2D eigenvalue weighted by Crippen LogP contribution is 2.31. The van der Waals surface area contributed by atoms with E-state index in [1.807, 2.05) is 24.3 Å². The summed E-state index contributed by atoms with van der Waals surface area (Å²) in [6.07, 6.45) is 3.16. The van der Waals surface area contributed by atoms with Crippen molar-refractivity contribution in [1.29, 1.82) is 0 Å². The maximum atomic E-state index is 13.3. The van der Waals surface area contributed by atoms with Crippen LogP contribution in [0, 0.1) is 0 Å². The minimum Gasteiger partial charge on any atom is -0.385 e. The summed E-state index contributed by atoms with van der Waals surface area (Å²) in [5.41, 5.74) is 3.82. The molecule has 1 aliphatic heterocycles. The zero-order valence-corrected chi connectivity index (χ0v) is 14.4. The Balaban J connectivity index is 1.73. The number of hydrogen-bond donors (Lipinski definition) is 1. The summed E-state index contributed by atoms with van der Waals surface area (Å²) in [7, 11) is 0. The molecule has 1 aliphatic rings. The maximum Gasteiger partial charge on any atom is 0.260 e. The van der Waals surface area contributed by atoms with Gasteiger partial charge in [-0.05, 0) is 36.6 Å². The van der Waals surface area contributed by atoms with Gasteiger partial charge in [0.2, 0.25) is 0 Å². The number of amides is 1. The molecule has 4 rings (SSSR count). The zero-order chi connectivity index (χ0) is 18.1. The van der Waals surface area contributed by atoms with Crippen molar-refractivity contribution < 1.29 is 14.4 Å². The molecule has 1 amide bonds. The first-order valence-corrected chi connectivity index (χ1v) is 8.59. The number of carbonyl (C=O) groups is 1. The molecule has 0 spiro atoms. The summed E-state index contributed by atoms with van der Waals surface area (Å²) in [4.78, 5) is 19.2. The van der Waals surface area contributed by atoms with Crippen molar-refractivity contribution in [2.24, 2.45) is 0 Å². The van der Waals surface area contributed by atoms with Gasteiger partial charge in [-0.2, -0.15) is 0 Å². The van der Waals surface area contributed by atoms with Gasteiger partial charge in [-0.1, -0.05) is 29.4 Å². The van der Waals surface area contributed by atoms with Gasteiger partial charge in [0, 0.05) is 31.0 Å². The number of nitrogens with zero attached hydrogens (tertiary/aromatic N) is 3. The number of fused-ring (bicyclic) bond motifs is 1. The summed E-state index contributed by atoms with van der Waals surface area (Å²) < 4.78 is 5.32. The fourth-order valence-electron chi connectivity index (χ4n) is 3.32. The Kier molecular flexibility index (Phi) is 4.26. The van der Waals surface area contributed by atoms with Gasteiger partial charge in [0.1, 0.15) is 17.4 Å². The number of hydrogen-bond acceptors (Lipinski definition) is 5. The molecular weight excluding hydrogens is 330 g/mol. The normalized spacial score (nSPS) is 14.8. The highest BCUT2D eigenvalue weighted by molar-refractivity contribution is 6.01. The van der Waals surface area contributed by atoms with Gasteiger partial charge < -0.3 is 14.5 Å². The van der Waals surface area contributed by atoms with Gasteiger partial charge in [0.25, 0.3) is 5.91 Å². The largest absolute Gasteiger partial charge is 0.385 e. The van der Waals surface area contributed by atoms with Crippen LogP contribution in [0.2, 0.25) is 0 Å². The van der Waals surface area contributed by atoms with Gasteiger partial charge in [-0.3, -0.25) is 9.78 Å². The summed E-state index contributed by atoms with van der Waals surface area (Å²) in [5.74, 6) is 0.00298. The molecule has 0 fully saturated rings. The van der Waals surface area contributed by atoms with Crippen LogP contribution in [0.25, 0.3) is 11.3 Å². The molecule has 3 heterocycles. The lowest BCUT2D eigenvalue weighted by Gasteiger charge is -2.29. The number of aromatic nitrogens is 2. The minimum atomic E-state index is -0.927. The Morgan fingerprint density at radius 1 is 1.23 bits per heavy atom. The second kappa shape index (κ2) is 6.72. The average molecular weight is 349 g/mol. The third-order valence-electron chi connectivity index (χ3n) is 4.66. The molecule has 132 valence electrons. The van der Waals surface area contributed by atoms with E-state index in [-0.39, 0.29) is 11.7 Å². The van der Waals surface area contributed by atoms with Crippen LogP contribution in [0.5, 0.6) is 0 Å². The predicted molar refractivity (Wildman–Crippen MR) is 95.3 cm³/mol. The number of aliphatic hydroxyl groups excluding tert-OH is 1. The standard InChI is InChI=1S/C20H19N3O3/c1-13(24)19-17(18(22-26-19)15-7-4-9-21-11-15)20(25)23-10-8-14-5-2-3-6-16(14)12-23/h2-7,9,11,13,24H,8,10,12H2,1H3/t13-/m0/s1. The van der Waals surface area contributed by atoms with Crippen LogP contribution in [0.1, 0.15) is 40.3 Å². The molecular formula is C20H19N3O3. The molecule has 26 heavy (non-hydrogen) atoms. The van der Waals surface area contributed by atoms with E-state index in [0.29, 0.717) is 29.9 Å². The van der Waals surface area contributed by atoms with Crippen LogP contribution in [0.3, 0.4) is 0 Å². The lowest BCUT2D eigenvalue weighted by molar-refractivity contribution is 0.0723. The van der Waals surface area contributed by atoms with Crippen molar-refractivity contribution in [1.82, 2.24) is 15.0 Å². The van der Waals surface area contributed by atoms with Crippen LogP contribution in [-0.2, 0) is 13.0 Å². The fraction of sp³-hybridized carbons (Fsp3) is 0.250. The summed E-state index contributed by atoms with van der Waals surface area (Å²) in [5, 5.41) is 14.1. The fourth-order valence-corrected chi connectivity index (χ4v) is 3.32. The molecule has 0 unspecified atom stereocenters. The van der Waals surface area contributed by atoms with E-state index in [0.717, 1.165) is 12.0 Å². The van der Waals surface area contributed by atoms with Gasteiger partial charge >= 0.3 is 0 Å². The van der Waals surface area contributed by atoms with Crippen molar-refractivity contribution in [3.05, 3.63) is 71.2 Å². The number of aliphatic hydroxyl groups is 1. The Hall–Kier alpha value is -2.99. The molecule has 0 saturated heterocycles. The molecule has 1 N–H and O–H groups in total. The topological polar surface area (TPSA) is 79.5 Å². The van der Waals surface area contributed by atoms with E-state index >= 15 is 0 Å². The first-order chi connectivity index (χ1) is 12.6. The van der Waals surface area contributed by atoms with Gasteiger partial charge in [-0.25, -0.2) is 0 Å². The molecule has 0 aliphatic carbocycles. The maximum absolute atomic E-state index is 13.3. The van der Waals surface area contributed by atoms with Crippen molar-refractivity contribution in [3.8, 4) is 11.3 Å². The predicted octanol–water partition coefficient (Wildman–Crippen LogP) is 2.99. The monoisotopic (exact) mass is 349 g/mol. The number of benzene rings is 1. The molecule has 0 saturated carbocycles. The highest BCUT2D eigenvalue weighted by atomic mass is 16.5. The van der Waals surface area contributed by atoms with Gasteiger partial charge in [0.05, 0.1) is 0 Å². The first kappa shape index (κ1) is 16.5. The third kappa shape index (κ3) is 2.88. The van der Waals surface area contributed by atoms with Gasteiger partial charge in [0.15, 0.2) is 5.76 Å². The Morgan fingerprint density at radius 2 is 2.04 bits per heavy atom. The van der Waals surface area contributed by atoms with E-state index in [2.05, 4.69) is 16.2 Å². The second-order valence-corrected chi connectivity index (χ2v) is 6.43. The van der Waals surface area contributed by atoms with Crippen molar-refractivity contribution in [3.63, 3.8) is 0 Å². The van der Waals surface area contributed by atoms with E-state index in [4.69, 9.17) is 4.52 Å². The van der Waals surface area contributed by atoms with Crippen LogP contribution in [0.4, 0.5) is 0 Å². The van der Waals surface area contributed by atoms with E-state index in [1.54, 1.807) is 30.3 Å².